The van der Waals surface area contributed by atoms with E-state index in [0.29, 0.717) is 6.04 Å². The summed E-state index contributed by atoms with van der Waals surface area (Å²) in [6.45, 7) is 15.2. The molecule has 0 aliphatic heterocycles. The Morgan fingerprint density at radius 2 is 1.82 bits per heavy atom. The van der Waals surface area contributed by atoms with Gasteiger partial charge >= 0.3 is 0 Å². The molecule has 0 bridgehead atoms. The molecule has 17 heavy (non-hydrogen) atoms. The monoisotopic (exact) mass is 246 g/mol. The zero-order chi connectivity index (χ0) is 12.9. The molecule has 3 heteroatoms. The zero-order valence-corrected chi connectivity index (χ0v) is 12.3. The third kappa shape index (κ3) is 12.1. The fourth-order valence-corrected chi connectivity index (χ4v) is 1.81. The van der Waals surface area contributed by atoms with Crippen molar-refractivity contribution in [2.45, 2.75) is 53.0 Å². The molecule has 106 valence electrons. The van der Waals surface area contributed by atoms with E-state index in [1.54, 1.807) is 0 Å². The molecule has 0 aliphatic carbocycles. The minimum atomic E-state index is 0. The minimum Gasteiger partial charge on any atom is -0.382 e. The van der Waals surface area contributed by atoms with Gasteiger partial charge in [0.25, 0.3) is 0 Å². The number of ether oxygens (including phenoxy) is 1. The Morgan fingerprint density at radius 1 is 1.12 bits per heavy atom. The van der Waals surface area contributed by atoms with Crippen molar-refractivity contribution in [3.63, 3.8) is 0 Å². The SMILES string of the molecule is CCOCCCCN(CC)CCCNC(C)C.[HH]. The van der Waals surface area contributed by atoms with Crippen LogP contribution in [0, 0.1) is 0 Å². The van der Waals surface area contributed by atoms with E-state index in [-0.39, 0.29) is 1.43 Å². The smallest absolute Gasteiger partial charge is 0.0466 e. The molecule has 0 heterocycles. The van der Waals surface area contributed by atoms with Crippen LogP contribution in [0.1, 0.15) is 48.4 Å². The highest BCUT2D eigenvalue weighted by atomic mass is 16.5. The van der Waals surface area contributed by atoms with Gasteiger partial charge in [0.05, 0.1) is 0 Å². The molecule has 0 amide bonds. The van der Waals surface area contributed by atoms with Crippen LogP contribution in [0.3, 0.4) is 0 Å². The standard InChI is InChI=1S/C14H32N2O.H2/c1-5-16(11-7-8-13-17-6-2)12-9-10-15-14(3)4;/h14-15H,5-13H2,1-4H3;1H. The third-order valence-electron chi connectivity index (χ3n) is 2.87. The Morgan fingerprint density at radius 3 is 2.41 bits per heavy atom. The van der Waals surface area contributed by atoms with Crippen LogP contribution in [-0.4, -0.2) is 50.3 Å². The highest BCUT2D eigenvalue weighted by Gasteiger charge is 2.01. The van der Waals surface area contributed by atoms with Crippen LogP contribution in [0.5, 0.6) is 0 Å². The molecule has 3 nitrogen and oxygen atoms in total. The van der Waals surface area contributed by atoms with E-state index in [1.807, 2.05) is 0 Å². The van der Waals surface area contributed by atoms with Crippen molar-refractivity contribution in [1.82, 2.24) is 10.2 Å². The Balaban J connectivity index is 0. The fraction of sp³-hybridized carbons (Fsp3) is 1.00. The van der Waals surface area contributed by atoms with E-state index in [9.17, 15) is 0 Å². The Bertz CT molecular complexity index is 157. The first kappa shape index (κ1) is 16.9. The quantitative estimate of drug-likeness (QED) is 0.536. The molecule has 0 fully saturated rings. The van der Waals surface area contributed by atoms with E-state index >= 15 is 0 Å². The van der Waals surface area contributed by atoms with Gasteiger partial charge in [0.2, 0.25) is 0 Å². The summed E-state index contributed by atoms with van der Waals surface area (Å²) in [5, 5.41) is 3.46. The van der Waals surface area contributed by atoms with Crippen LogP contribution in [0.15, 0.2) is 0 Å². The van der Waals surface area contributed by atoms with Gasteiger partial charge in [0.15, 0.2) is 0 Å². The molecule has 0 aromatic heterocycles. The highest BCUT2D eigenvalue weighted by Crippen LogP contribution is 1.97. The average Bonchev–Trinajstić information content (AvgIpc) is 2.31. The summed E-state index contributed by atoms with van der Waals surface area (Å²) in [7, 11) is 0. The van der Waals surface area contributed by atoms with Gasteiger partial charge < -0.3 is 15.0 Å². The summed E-state index contributed by atoms with van der Waals surface area (Å²) < 4.78 is 5.35. The lowest BCUT2D eigenvalue weighted by molar-refractivity contribution is 0.139. The molecule has 0 aromatic carbocycles. The van der Waals surface area contributed by atoms with Crippen LogP contribution >= 0.6 is 0 Å². The molecule has 1 N–H and O–H groups in total. The second-order valence-corrected chi connectivity index (χ2v) is 4.80. The molecule has 0 saturated carbocycles. The van der Waals surface area contributed by atoms with Crippen molar-refractivity contribution in [2.75, 3.05) is 39.4 Å². The minimum absolute atomic E-state index is 0. The molecular formula is C14H34N2O. The van der Waals surface area contributed by atoms with Crippen LogP contribution in [-0.2, 0) is 4.74 Å². The molecule has 0 unspecified atom stereocenters. The first-order valence-corrected chi connectivity index (χ1v) is 7.24. The average molecular weight is 246 g/mol. The highest BCUT2D eigenvalue weighted by molar-refractivity contribution is 4.59. The Labute approximate surface area is 109 Å². The van der Waals surface area contributed by atoms with Gasteiger partial charge in [0.1, 0.15) is 0 Å². The maximum atomic E-state index is 5.35. The maximum Gasteiger partial charge on any atom is 0.0466 e. The fourth-order valence-electron chi connectivity index (χ4n) is 1.81. The lowest BCUT2D eigenvalue weighted by Crippen LogP contribution is -2.30. The summed E-state index contributed by atoms with van der Waals surface area (Å²) in [5.41, 5.74) is 0. The normalized spacial score (nSPS) is 11.6. The number of unbranched alkanes of at least 4 members (excludes halogenated alkanes) is 1. The van der Waals surface area contributed by atoms with E-state index < -0.39 is 0 Å². The number of rotatable bonds is 12. The van der Waals surface area contributed by atoms with Crippen molar-refractivity contribution >= 4 is 0 Å². The van der Waals surface area contributed by atoms with Crippen molar-refractivity contribution < 1.29 is 6.16 Å². The van der Waals surface area contributed by atoms with E-state index in [4.69, 9.17) is 4.74 Å². The predicted molar refractivity (Wildman–Crippen MR) is 77.7 cm³/mol. The molecular weight excluding hydrogens is 212 g/mol. The molecule has 0 atom stereocenters. The number of nitrogens with zero attached hydrogens (tertiary/aromatic N) is 1. The number of hydrogen-bond acceptors (Lipinski definition) is 3. The Kier molecular flexibility index (Phi) is 12.3. The van der Waals surface area contributed by atoms with E-state index in [0.717, 1.165) is 26.3 Å². The summed E-state index contributed by atoms with van der Waals surface area (Å²) >= 11 is 0. The lowest BCUT2D eigenvalue weighted by atomic mass is 10.2. The van der Waals surface area contributed by atoms with Gasteiger partial charge in [-0.3, -0.25) is 0 Å². The van der Waals surface area contributed by atoms with Crippen molar-refractivity contribution in [1.29, 1.82) is 0 Å². The molecule has 0 radical (unpaired) electrons. The Hall–Kier alpha value is -0.120. The van der Waals surface area contributed by atoms with Gasteiger partial charge in [-0.15, -0.1) is 0 Å². The number of hydrogen-bond donors (Lipinski definition) is 1. The molecule has 0 saturated heterocycles. The van der Waals surface area contributed by atoms with Gasteiger partial charge in [0, 0.05) is 20.7 Å². The van der Waals surface area contributed by atoms with Crippen molar-refractivity contribution in [2.24, 2.45) is 0 Å². The van der Waals surface area contributed by atoms with E-state index in [1.165, 1.54) is 32.4 Å². The molecule has 0 rings (SSSR count). The second-order valence-electron chi connectivity index (χ2n) is 4.80. The first-order chi connectivity index (χ1) is 8.20. The van der Waals surface area contributed by atoms with Gasteiger partial charge in [-0.05, 0) is 52.4 Å². The van der Waals surface area contributed by atoms with E-state index in [2.05, 4.69) is 37.9 Å². The summed E-state index contributed by atoms with van der Waals surface area (Å²) in [6, 6.07) is 0.608. The molecule has 0 aromatic rings. The lowest BCUT2D eigenvalue weighted by Gasteiger charge is -2.20. The van der Waals surface area contributed by atoms with Gasteiger partial charge in [-0.25, -0.2) is 0 Å². The van der Waals surface area contributed by atoms with Crippen LogP contribution in [0.25, 0.3) is 0 Å². The van der Waals surface area contributed by atoms with Gasteiger partial charge in [-0.2, -0.15) is 0 Å². The first-order valence-electron chi connectivity index (χ1n) is 7.24. The third-order valence-corrected chi connectivity index (χ3v) is 2.87. The van der Waals surface area contributed by atoms with Crippen LogP contribution in [0.2, 0.25) is 0 Å². The summed E-state index contributed by atoms with van der Waals surface area (Å²) in [4.78, 5) is 2.54. The molecule has 0 aliphatic rings. The zero-order valence-electron chi connectivity index (χ0n) is 12.3. The summed E-state index contributed by atoms with van der Waals surface area (Å²) in [6.07, 6.45) is 3.69. The predicted octanol–water partition coefficient (Wildman–Crippen LogP) is 2.76. The largest absolute Gasteiger partial charge is 0.382 e. The van der Waals surface area contributed by atoms with Gasteiger partial charge in [-0.1, -0.05) is 20.8 Å². The van der Waals surface area contributed by atoms with Crippen molar-refractivity contribution in [3.8, 4) is 0 Å². The van der Waals surface area contributed by atoms with Crippen molar-refractivity contribution in [3.05, 3.63) is 0 Å². The topological polar surface area (TPSA) is 24.5 Å². The maximum absolute atomic E-state index is 5.35. The second kappa shape index (κ2) is 12.3. The number of nitrogens with one attached hydrogen (secondary N) is 1. The summed E-state index contributed by atoms with van der Waals surface area (Å²) in [5.74, 6) is 0. The van der Waals surface area contributed by atoms with Crippen LogP contribution < -0.4 is 5.32 Å². The molecule has 0 spiro atoms. The van der Waals surface area contributed by atoms with Crippen LogP contribution in [0.4, 0.5) is 0 Å².